The molecule has 0 aliphatic heterocycles. The Balaban J connectivity index is 1.47. The molecule has 160 valence electrons. The lowest BCUT2D eigenvalue weighted by molar-refractivity contribution is -0.144. The van der Waals surface area contributed by atoms with Gasteiger partial charge >= 0.3 is 5.97 Å². The smallest absolute Gasteiger partial charge is 0.344 e. The summed E-state index contributed by atoms with van der Waals surface area (Å²) in [6.45, 7) is -0.736. The molecule has 0 unspecified atom stereocenters. The van der Waals surface area contributed by atoms with Crippen molar-refractivity contribution in [3.05, 3.63) is 78.4 Å². The molecule has 0 saturated heterocycles. The molecule has 0 heterocycles. The zero-order chi connectivity index (χ0) is 22.1. The van der Waals surface area contributed by atoms with Gasteiger partial charge in [-0.3, -0.25) is 4.79 Å². The quantitative estimate of drug-likeness (QED) is 0.387. The number of hydrogen-bond donors (Lipinski definition) is 1. The van der Waals surface area contributed by atoms with Crippen molar-refractivity contribution >= 4 is 23.1 Å². The molecule has 7 heteroatoms. The standard InChI is InChI=1S/C24H23NO6/c1-28-20-12-13-23(29-2)21(14-20)22(26)15-31-24(27)16-30-19-10-8-18(9-11-19)25-17-6-4-3-5-7-17/h3-14,25H,15-16H2,1-2H3. The molecule has 0 saturated carbocycles. The van der Waals surface area contributed by atoms with Gasteiger partial charge in [-0.1, -0.05) is 18.2 Å². The number of ketones is 1. The number of nitrogens with one attached hydrogen (secondary N) is 1. The summed E-state index contributed by atoms with van der Waals surface area (Å²) in [5.74, 6) is 0.338. The molecule has 3 aromatic rings. The summed E-state index contributed by atoms with van der Waals surface area (Å²) < 4.78 is 20.8. The van der Waals surface area contributed by atoms with Gasteiger partial charge in [0.1, 0.15) is 17.2 Å². The molecule has 3 rings (SSSR count). The second-order valence-electron chi connectivity index (χ2n) is 6.45. The average molecular weight is 421 g/mol. The number of Topliss-reactive ketones (excluding diaryl/α,β-unsaturated/α-hetero) is 1. The SMILES string of the molecule is COc1ccc(OC)c(C(=O)COC(=O)COc2ccc(Nc3ccccc3)cc2)c1. The van der Waals surface area contributed by atoms with Crippen LogP contribution in [0, 0.1) is 0 Å². The van der Waals surface area contributed by atoms with Gasteiger partial charge < -0.3 is 24.3 Å². The van der Waals surface area contributed by atoms with E-state index < -0.39 is 18.4 Å². The Morgan fingerprint density at radius 2 is 1.45 bits per heavy atom. The van der Waals surface area contributed by atoms with E-state index in [0.717, 1.165) is 11.4 Å². The second kappa shape index (κ2) is 10.7. The first-order chi connectivity index (χ1) is 15.1. The van der Waals surface area contributed by atoms with Crippen LogP contribution in [0.5, 0.6) is 17.2 Å². The Hall–Kier alpha value is -4.00. The molecule has 0 fully saturated rings. The van der Waals surface area contributed by atoms with Gasteiger partial charge in [0.25, 0.3) is 0 Å². The first-order valence-electron chi connectivity index (χ1n) is 9.55. The molecule has 0 aliphatic rings. The molecular formula is C24H23NO6. The van der Waals surface area contributed by atoms with Gasteiger partial charge in [-0.05, 0) is 54.6 Å². The Kier molecular flexibility index (Phi) is 7.48. The monoisotopic (exact) mass is 421 g/mol. The molecule has 1 N–H and O–H groups in total. The number of esters is 1. The van der Waals surface area contributed by atoms with Crippen molar-refractivity contribution in [2.24, 2.45) is 0 Å². The average Bonchev–Trinajstić information content (AvgIpc) is 2.82. The Labute approximate surface area is 180 Å². The van der Waals surface area contributed by atoms with Crippen molar-refractivity contribution in [3.63, 3.8) is 0 Å². The first kappa shape index (κ1) is 21.7. The van der Waals surface area contributed by atoms with E-state index in [1.165, 1.54) is 20.3 Å². The highest BCUT2D eigenvalue weighted by Crippen LogP contribution is 2.24. The third-order valence-electron chi connectivity index (χ3n) is 4.34. The zero-order valence-electron chi connectivity index (χ0n) is 17.3. The summed E-state index contributed by atoms with van der Waals surface area (Å²) >= 11 is 0. The van der Waals surface area contributed by atoms with E-state index in [4.69, 9.17) is 18.9 Å². The number of benzene rings is 3. The molecule has 3 aromatic carbocycles. The van der Waals surface area contributed by atoms with Crippen molar-refractivity contribution in [2.45, 2.75) is 0 Å². The van der Waals surface area contributed by atoms with Crippen LogP contribution in [-0.4, -0.2) is 39.2 Å². The fourth-order valence-electron chi connectivity index (χ4n) is 2.76. The zero-order valence-corrected chi connectivity index (χ0v) is 17.3. The van der Waals surface area contributed by atoms with Gasteiger partial charge in [0.15, 0.2) is 13.2 Å². The Bertz CT molecular complexity index is 1020. The number of carbonyl (C=O) groups is 2. The summed E-state index contributed by atoms with van der Waals surface area (Å²) in [5, 5.41) is 3.26. The van der Waals surface area contributed by atoms with Crippen LogP contribution in [-0.2, 0) is 9.53 Å². The van der Waals surface area contributed by atoms with Crippen LogP contribution in [0.1, 0.15) is 10.4 Å². The molecule has 31 heavy (non-hydrogen) atoms. The lowest BCUT2D eigenvalue weighted by Crippen LogP contribution is -2.20. The molecule has 0 radical (unpaired) electrons. The minimum Gasteiger partial charge on any atom is -0.497 e. The van der Waals surface area contributed by atoms with Crippen molar-refractivity contribution in [3.8, 4) is 17.2 Å². The Morgan fingerprint density at radius 1 is 0.774 bits per heavy atom. The van der Waals surface area contributed by atoms with Crippen molar-refractivity contribution < 1.29 is 28.5 Å². The maximum absolute atomic E-state index is 12.4. The second-order valence-corrected chi connectivity index (χ2v) is 6.45. The summed E-state index contributed by atoms with van der Waals surface area (Å²) in [6.07, 6.45) is 0. The lowest BCUT2D eigenvalue weighted by atomic mass is 10.1. The van der Waals surface area contributed by atoms with Crippen LogP contribution < -0.4 is 19.5 Å². The largest absolute Gasteiger partial charge is 0.497 e. The fraction of sp³-hybridized carbons (Fsp3) is 0.167. The predicted octanol–water partition coefficient (Wildman–Crippen LogP) is 4.25. The van der Waals surface area contributed by atoms with Crippen LogP contribution >= 0.6 is 0 Å². The normalized spacial score (nSPS) is 10.1. The highest BCUT2D eigenvalue weighted by atomic mass is 16.6. The summed E-state index contributed by atoms with van der Waals surface area (Å²) in [4.78, 5) is 24.4. The number of rotatable bonds is 10. The molecular weight excluding hydrogens is 398 g/mol. The van der Waals surface area contributed by atoms with Gasteiger partial charge in [0, 0.05) is 11.4 Å². The van der Waals surface area contributed by atoms with E-state index in [1.807, 2.05) is 42.5 Å². The molecule has 0 amide bonds. The van der Waals surface area contributed by atoms with Crippen molar-refractivity contribution in [1.82, 2.24) is 0 Å². The topological polar surface area (TPSA) is 83.1 Å². The van der Waals surface area contributed by atoms with Crippen LogP contribution in [0.4, 0.5) is 11.4 Å². The van der Waals surface area contributed by atoms with Gasteiger partial charge in [-0.25, -0.2) is 4.79 Å². The summed E-state index contributed by atoms with van der Waals surface area (Å²) in [5.41, 5.74) is 2.13. The van der Waals surface area contributed by atoms with Crippen LogP contribution in [0.25, 0.3) is 0 Å². The number of methoxy groups -OCH3 is 2. The highest BCUT2D eigenvalue weighted by molar-refractivity contribution is 6.00. The summed E-state index contributed by atoms with van der Waals surface area (Å²) in [6, 6.07) is 21.8. The minimum atomic E-state index is -0.651. The van der Waals surface area contributed by atoms with E-state index in [0.29, 0.717) is 17.2 Å². The van der Waals surface area contributed by atoms with Gasteiger partial charge in [0.05, 0.1) is 19.8 Å². The van der Waals surface area contributed by atoms with E-state index in [1.54, 1.807) is 24.3 Å². The molecule has 0 atom stereocenters. The van der Waals surface area contributed by atoms with Crippen LogP contribution in [0.3, 0.4) is 0 Å². The van der Waals surface area contributed by atoms with E-state index in [2.05, 4.69) is 5.32 Å². The number of carbonyl (C=O) groups excluding carboxylic acids is 2. The summed E-state index contributed by atoms with van der Waals surface area (Å²) in [7, 11) is 2.96. The van der Waals surface area contributed by atoms with Crippen LogP contribution in [0.15, 0.2) is 72.8 Å². The van der Waals surface area contributed by atoms with E-state index >= 15 is 0 Å². The fourth-order valence-corrected chi connectivity index (χ4v) is 2.76. The van der Waals surface area contributed by atoms with Crippen molar-refractivity contribution in [1.29, 1.82) is 0 Å². The van der Waals surface area contributed by atoms with E-state index in [-0.39, 0.29) is 12.2 Å². The maximum Gasteiger partial charge on any atom is 0.344 e. The third kappa shape index (κ3) is 6.24. The third-order valence-corrected chi connectivity index (χ3v) is 4.34. The van der Waals surface area contributed by atoms with Crippen LogP contribution in [0.2, 0.25) is 0 Å². The molecule has 0 spiro atoms. The molecule has 0 bridgehead atoms. The number of hydrogen-bond acceptors (Lipinski definition) is 7. The lowest BCUT2D eigenvalue weighted by Gasteiger charge is -2.11. The minimum absolute atomic E-state index is 0.275. The maximum atomic E-state index is 12.4. The van der Waals surface area contributed by atoms with Gasteiger partial charge in [-0.2, -0.15) is 0 Å². The number of para-hydroxylation sites is 1. The Morgan fingerprint density at radius 3 is 2.13 bits per heavy atom. The number of anilines is 2. The highest BCUT2D eigenvalue weighted by Gasteiger charge is 2.16. The van der Waals surface area contributed by atoms with Gasteiger partial charge in [0.2, 0.25) is 5.78 Å². The number of ether oxygens (including phenoxy) is 4. The van der Waals surface area contributed by atoms with Gasteiger partial charge in [-0.15, -0.1) is 0 Å². The first-order valence-corrected chi connectivity index (χ1v) is 9.55. The molecule has 7 nitrogen and oxygen atoms in total. The predicted molar refractivity (Wildman–Crippen MR) is 116 cm³/mol. The molecule has 0 aromatic heterocycles. The van der Waals surface area contributed by atoms with E-state index in [9.17, 15) is 9.59 Å². The van der Waals surface area contributed by atoms with Crippen molar-refractivity contribution in [2.75, 3.05) is 32.8 Å². The molecule has 0 aliphatic carbocycles.